The second-order valence-electron chi connectivity index (χ2n) is 4.93. The lowest BCUT2D eigenvalue weighted by atomic mass is 9.99. The number of aryl methyl sites for hydroxylation is 1. The van der Waals surface area contributed by atoms with Gasteiger partial charge in [-0.25, -0.2) is 4.39 Å². The lowest BCUT2D eigenvalue weighted by Crippen LogP contribution is -2.04. The highest BCUT2D eigenvalue weighted by molar-refractivity contribution is 6.30. The quantitative estimate of drug-likeness (QED) is 0.782. The van der Waals surface area contributed by atoms with E-state index in [-0.39, 0.29) is 11.1 Å². The van der Waals surface area contributed by atoms with Gasteiger partial charge in [-0.15, -0.1) is 0 Å². The molecule has 20 heavy (non-hydrogen) atoms. The third-order valence-electron chi connectivity index (χ3n) is 3.38. The maximum absolute atomic E-state index is 13.4. The first kappa shape index (κ1) is 13.0. The standard InChI is InChI=1S/C16H11ClFNO/c1-9-2-10(8-19)4-11(3-9)15-6-12-5-13(17)14(18)7-16(12)20-15/h2-5,7,15H,6H2,1H3. The molecule has 1 atom stereocenters. The molecule has 0 amide bonds. The molecule has 0 saturated carbocycles. The van der Waals surface area contributed by atoms with Crippen LogP contribution in [0.2, 0.25) is 5.02 Å². The normalized spacial score (nSPS) is 16.4. The molecule has 1 aliphatic rings. The van der Waals surface area contributed by atoms with Crippen LogP contribution in [0.1, 0.15) is 28.4 Å². The van der Waals surface area contributed by atoms with E-state index in [1.165, 1.54) is 6.07 Å². The molecule has 1 unspecified atom stereocenters. The topological polar surface area (TPSA) is 33.0 Å². The van der Waals surface area contributed by atoms with Gasteiger partial charge < -0.3 is 4.74 Å². The molecule has 3 rings (SSSR count). The van der Waals surface area contributed by atoms with Crippen LogP contribution in [0.5, 0.6) is 5.75 Å². The summed E-state index contributed by atoms with van der Waals surface area (Å²) in [5, 5.41) is 9.12. The number of rotatable bonds is 1. The van der Waals surface area contributed by atoms with Crippen molar-refractivity contribution in [2.24, 2.45) is 0 Å². The Hall–Kier alpha value is -2.05. The first-order valence-electron chi connectivity index (χ1n) is 6.23. The van der Waals surface area contributed by atoms with Crippen LogP contribution in [0.25, 0.3) is 0 Å². The zero-order valence-electron chi connectivity index (χ0n) is 10.8. The fourth-order valence-corrected chi connectivity index (χ4v) is 2.67. The van der Waals surface area contributed by atoms with E-state index >= 15 is 0 Å². The smallest absolute Gasteiger partial charge is 0.145 e. The lowest BCUT2D eigenvalue weighted by Gasteiger charge is -2.12. The first-order valence-corrected chi connectivity index (χ1v) is 6.61. The number of hydrogen-bond donors (Lipinski definition) is 0. The van der Waals surface area contributed by atoms with Crippen LogP contribution in [-0.2, 0) is 6.42 Å². The molecule has 1 heterocycles. The van der Waals surface area contributed by atoms with Gasteiger partial charge >= 0.3 is 0 Å². The Labute approximate surface area is 121 Å². The number of nitrogens with zero attached hydrogens (tertiary/aromatic N) is 1. The van der Waals surface area contributed by atoms with Gasteiger partial charge in [0.25, 0.3) is 0 Å². The molecule has 0 saturated heterocycles. The number of benzene rings is 2. The molecule has 1 aliphatic heterocycles. The van der Waals surface area contributed by atoms with Crippen LogP contribution < -0.4 is 4.74 Å². The van der Waals surface area contributed by atoms with Gasteiger partial charge in [0.2, 0.25) is 0 Å². The van der Waals surface area contributed by atoms with Gasteiger partial charge in [0.05, 0.1) is 16.7 Å². The van der Waals surface area contributed by atoms with Crippen LogP contribution in [0.3, 0.4) is 0 Å². The molecule has 4 heteroatoms. The largest absolute Gasteiger partial charge is 0.485 e. The Bertz CT molecular complexity index is 705. The highest BCUT2D eigenvalue weighted by atomic mass is 35.5. The fraction of sp³-hybridized carbons (Fsp3) is 0.188. The van der Waals surface area contributed by atoms with Crippen molar-refractivity contribution >= 4 is 11.6 Å². The summed E-state index contributed by atoms with van der Waals surface area (Å²) in [5.74, 6) is 0.0462. The van der Waals surface area contributed by atoms with E-state index in [9.17, 15) is 4.39 Å². The summed E-state index contributed by atoms with van der Waals surface area (Å²) in [4.78, 5) is 0. The van der Waals surface area contributed by atoms with Crippen LogP contribution in [0, 0.1) is 24.1 Å². The van der Waals surface area contributed by atoms with E-state index < -0.39 is 5.82 Å². The highest BCUT2D eigenvalue weighted by Crippen LogP contribution is 2.39. The number of ether oxygens (including phenoxy) is 1. The van der Waals surface area contributed by atoms with Gasteiger partial charge in [-0.1, -0.05) is 17.7 Å². The number of hydrogen-bond acceptors (Lipinski definition) is 2. The molecule has 100 valence electrons. The van der Waals surface area contributed by atoms with Crippen molar-refractivity contribution < 1.29 is 9.13 Å². The molecule has 2 aromatic rings. The van der Waals surface area contributed by atoms with Gasteiger partial charge in [0, 0.05) is 12.5 Å². The minimum absolute atomic E-state index is 0.106. The summed E-state index contributed by atoms with van der Waals surface area (Å²) < 4.78 is 19.2. The fourth-order valence-electron chi connectivity index (χ4n) is 2.48. The summed E-state index contributed by atoms with van der Waals surface area (Å²) >= 11 is 5.79. The third-order valence-corrected chi connectivity index (χ3v) is 3.67. The number of nitriles is 1. The lowest BCUT2D eigenvalue weighted by molar-refractivity contribution is 0.238. The monoisotopic (exact) mass is 287 g/mol. The molecule has 0 fully saturated rings. The van der Waals surface area contributed by atoms with Gasteiger partial charge in [-0.2, -0.15) is 5.26 Å². The minimum Gasteiger partial charge on any atom is -0.485 e. The van der Waals surface area contributed by atoms with Crippen molar-refractivity contribution in [3.63, 3.8) is 0 Å². The molecule has 0 spiro atoms. The molecule has 2 aromatic carbocycles. The molecular formula is C16H11ClFNO. The maximum atomic E-state index is 13.4. The van der Waals surface area contributed by atoms with Crippen LogP contribution in [0.4, 0.5) is 4.39 Å². The van der Waals surface area contributed by atoms with Crippen molar-refractivity contribution in [2.45, 2.75) is 19.4 Å². The van der Waals surface area contributed by atoms with Crippen molar-refractivity contribution in [3.05, 3.63) is 63.4 Å². The van der Waals surface area contributed by atoms with Gasteiger partial charge in [0.15, 0.2) is 0 Å². The highest BCUT2D eigenvalue weighted by Gasteiger charge is 2.26. The minimum atomic E-state index is -0.479. The Morgan fingerprint density at radius 2 is 2.10 bits per heavy atom. The SMILES string of the molecule is Cc1cc(C#N)cc(C2Cc3cc(Cl)c(F)cc3O2)c1. The van der Waals surface area contributed by atoms with Crippen LogP contribution in [0.15, 0.2) is 30.3 Å². The molecule has 0 aliphatic carbocycles. The average molecular weight is 288 g/mol. The van der Waals surface area contributed by atoms with Crippen molar-refractivity contribution in [2.75, 3.05) is 0 Å². The third kappa shape index (κ3) is 2.23. The van der Waals surface area contributed by atoms with Gasteiger partial charge in [0.1, 0.15) is 17.7 Å². The van der Waals surface area contributed by atoms with Crippen molar-refractivity contribution in [1.82, 2.24) is 0 Å². The zero-order chi connectivity index (χ0) is 14.3. The summed E-state index contributed by atoms with van der Waals surface area (Å²) in [7, 11) is 0. The number of fused-ring (bicyclic) bond motifs is 1. The summed E-state index contributed by atoms with van der Waals surface area (Å²) in [6.45, 7) is 1.93. The van der Waals surface area contributed by atoms with Crippen molar-refractivity contribution in [3.8, 4) is 11.8 Å². The molecule has 0 N–H and O–H groups in total. The first-order chi connectivity index (χ1) is 9.56. The van der Waals surface area contributed by atoms with Crippen LogP contribution in [-0.4, -0.2) is 0 Å². The van der Waals surface area contributed by atoms with E-state index in [2.05, 4.69) is 6.07 Å². The summed E-state index contributed by atoms with van der Waals surface area (Å²) in [6, 6.07) is 10.7. The summed E-state index contributed by atoms with van der Waals surface area (Å²) in [6.07, 6.45) is 0.429. The van der Waals surface area contributed by atoms with E-state index in [0.717, 1.165) is 16.7 Å². The Balaban J connectivity index is 1.96. The Kier molecular flexibility index (Phi) is 3.11. The number of halogens is 2. The average Bonchev–Trinajstić information content (AvgIpc) is 2.81. The second kappa shape index (κ2) is 4.81. The van der Waals surface area contributed by atoms with Gasteiger partial charge in [-0.05, 0) is 41.8 Å². The van der Waals surface area contributed by atoms with Gasteiger partial charge in [-0.3, -0.25) is 0 Å². The van der Waals surface area contributed by atoms with E-state index in [1.54, 1.807) is 6.07 Å². The Morgan fingerprint density at radius 1 is 1.30 bits per heavy atom. The van der Waals surface area contributed by atoms with E-state index in [0.29, 0.717) is 17.7 Å². The molecule has 2 nitrogen and oxygen atoms in total. The summed E-state index contributed by atoms with van der Waals surface area (Å²) in [5.41, 5.74) is 3.42. The van der Waals surface area contributed by atoms with E-state index in [1.807, 2.05) is 25.1 Å². The molecule has 0 aromatic heterocycles. The second-order valence-corrected chi connectivity index (χ2v) is 5.34. The molecular weight excluding hydrogens is 277 g/mol. The van der Waals surface area contributed by atoms with E-state index in [4.69, 9.17) is 21.6 Å². The predicted molar refractivity (Wildman–Crippen MR) is 74.4 cm³/mol. The van der Waals surface area contributed by atoms with Crippen molar-refractivity contribution in [1.29, 1.82) is 5.26 Å². The molecule has 0 bridgehead atoms. The maximum Gasteiger partial charge on any atom is 0.145 e. The van der Waals surface area contributed by atoms with Crippen LogP contribution >= 0.6 is 11.6 Å². The Morgan fingerprint density at radius 3 is 2.85 bits per heavy atom. The molecule has 0 radical (unpaired) electrons. The predicted octanol–water partition coefficient (Wildman–Crippen LogP) is 4.34. The zero-order valence-corrected chi connectivity index (χ0v) is 11.5.